The second-order valence-electron chi connectivity index (χ2n) is 6.46. The molecule has 0 heterocycles. The number of benzene rings is 1. The standard InChI is InChI=1S/C16H21F2NO2/c1-16(2,3)21-15(20)19-14-6-4-5-12(14)11-8-7-10(17)9-13(11)18/h7-9,12,14H,4-6H2,1-3H3,(H,19,20). The zero-order chi connectivity index (χ0) is 15.6. The minimum Gasteiger partial charge on any atom is -0.444 e. The number of hydrogen-bond acceptors (Lipinski definition) is 2. The van der Waals surface area contributed by atoms with Gasteiger partial charge in [-0.3, -0.25) is 0 Å². The molecule has 1 saturated carbocycles. The Bertz CT molecular complexity index is 525. The Morgan fingerprint density at radius 1 is 1.29 bits per heavy atom. The smallest absolute Gasteiger partial charge is 0.407 e. The van der Waals surface area contributed by atoms with Gasteiger partial charge in [0.2, 0.25) is 0 Å². The van der Waals surface area contributed by atoms with Gasteiger partial charge in [-0.25, -0.2) is 13.6 Å². The number of carbonyl (C=O) groups excluding carboxylic acids is 1. The summed E-state index contributed by atoms with van der Waals surface area (Å²) >= 11 is 0. The quantitative estimate of drug-likeness (QED) is 0.891. The first-order chi connectivity index (χ1) is 9.76. The molecule has 0 aromatic heterocycles. The first-order valence-corrected chi connectivity index (χ1v) is 7.21. The van der Waals surface area contributed by atoms with Crippen molar-refractivity contribution < 1.29 is 18.3 Å². The molecule has 3 nitrogen and oxygen atoms in total. The maximum atomic E-state index is 13.9. The second kappa shape index (κ2) is 6.00. The van der Waals surface area contributed by atoms with Crippen molar-refractivity contribution >= 4 is 6.09 Å². The number of ether oxygens (including phenoxy) is 1. The van der Waals surface area contributed by atoms with Crippen LogP contribution in [0.25, 0.3) is 0 Å². The minimum absolute atomic E-state index is 0.141. The van der Waals surface area contributed by atoms with Crippen molar-refractivity contribution in [1.29, 1.82) is 0 Å². The number of hydrogen-bond donors (Lipinski definition) is 1. The van der Waals surface area contributed by atoms with Crippen LogP contribution in [0.2, 0.25) is 0 Å². The van der Waals surface area contributed by atoms with Crippen molar-refractivity contribution in [3.63, 3.8) is 0 Å². The molecular weight excluding hydrogens is 276 g/mol. The van der Waals surface area contributed by atoms with Crippen molar-refractivity contribution in [1.82, 2.24) is 5.32 Å². The van der Waals surface area contributed by atoms with E-state index in [0.29, 0.717) is 5.56 Å². The highest BCUT2D eigenvalue weighted by molar-refractivity contribution is 5.68. The highest BCUT2D eigenvalue weighted by atomic mass is 19.1. The van der Waals surface area contributed by atoms with E-state index in [1.54, 1.807) is 20.8 Å². The lowest BCUT2D eigenvalue weighted by atomic mass is 9.93. The fourth-order valence-corrected chi connectivity index (χ4v) is 2.77. The fourth-order valence-electron chi connectivity index (χ4n) is 2.77. The molecule has 2 unspecified atom stereocenters. The summed E-state index contributed by atoms with van der Waals surface area (Å²) in [5, 5.41) is 2.80. The third-order valence-corrected chi connectivity index (χ3v) is 3.58. The minimum atomic E-state index is -0.592. The van der Waals surface area contributed by atoms with E-state index in [0.717, 1.165) is 25.3 Å². The molecule has 1 aliphatic rings. The highest BCUT2D eigenvalue weighted by Gasteiger charge is 2.32. The van der Waals surface area contributed by atoms with Gasteiger partial charge in [0.15, 0.2) is 0 Å². The van der Waals surface area contributed by atoms with Crippen molar-refractivity contribution in [2.24, 2.45) is 0 Å². The van der Waals surface area contributed by atoms with Gasteiger partial charge in [0, 0.05) is 18.0 Å². The van der Waals surface area contributed by atoms with Crippen LogP contribution in [-0.4, -0.2) is 17.7 Å². The van der Waals surface area contributed by atoms with Crippen LogP contribution in [0.4, 0.5) is 13.6 Å². The molecule has 0 radical (unpaired) electrons. The SMILES string of the molecule is CC(C)(C)OC(=O)NC1CCCC1c1ccc(F)cc1F. The summed E-state index contributed by atoms with van der Waals surface area (Å²) in [5.74, 6) is -1.29. The van der Waals surface area contributed by atoms with Crippen LogP contribution in [0.15, 0.2) is 18.2 Å². The van der Waals surface area contributed by atoms with E-state index in [4.69, 9.17) is 4.74 Å². The number of rotatable bonds is 2. The van der Waals surface area contributed by atoms with E-state index in [1.807, 2.05) is 0 Å². The number of halogens is 2. The van der Waals surface area contributed by atoms with Gasteiger partial charge in [-0.1, -0.05) is 12.5 Å². The molecule has 2 atom stereocenters. The third kappa shape index (κ3) is 4.16. The van der Waals surface area contributed by atoms with Crippen molar-refractivity contribution in [3.8, 4) is 0 Å². The van der Waals surface area contributed by atoms with Crippen molar-refractivity contribution in [2.75, 3.05) is 0 Å². The van der Waals surface area contributed by atoms with Crippen LogP contribution in [-0.2, 0) is 4.74 Å². The molecule has 21 heavy (non-hydrogen) atoms. The van der Waals surface area contributed by atoms with E-state index in [-0.39, 0.29) is 12.0 Å². The lowest BCUT2D eigenvalue weighted by Crippen LogP contribution is -2.40. The van der Waals surface area contributed by atoms with Gasteiger partial charge in [0.05, 0.1) is 0 Å². The summed E-state index contributed by atoms with van der Waals surface area (Å²) in [5.41, 5.74) is -0.116. The molecule has 2 rings (SSSR count). The molecule has 0 spiro atoms. The summed E-state index contributed by atoms with van der Waals surface area (Å²) in [6.07, 6.45) is 1.92. The number of nitrogens with one attached hydrogen (secondary N) is 1. The molecule has 0 aliphatic heterocycles. The second-order valence-corrected chi connectivity index (χ2v) is 6.46. The average Bonchev–Trinajstić information content (AvgIpc) is 2.74. The summed E-state index contributed by atoms with van der Waals surface area (Å²) in [7, 11) is 0. The Morgan fingerprint density at radius 3 is 2.62 bits per heavy atom. The fraction of sp³-hybridized carbons (Fsp3) is 0.562. The maximum absolute atomic E-state index is 13.9. The first-order valence-electron chi connectivity index (χ1n) is 7.21. The van der Waals surface area contributed by atoms with E-state index in [1.165, 1.54) is 12.1 Å². The Morgan fingerprint density at radius 2 is 2.00 bits per heavy atom. The molecule has 1 aromatic carbocycles. The monoisotopic (exact) mass is 297 g/mol. The van der Waals surface area contributed by atoms with Gasteiger partial charge >= 0.3 is 6.09 Å². The van der Waals surface area contributed by atoms with Crippen LogP contribution in [0.5, 0.6) is 0 Å². The van der Waals surface area contributed by atoms with Crippen LogP contribution in [0.1, 0.15) is 51.5 Å². The topological polar surface area (TPSA) is 38.3 Å². The molecule has 1 aliphatic carbocycles. The number of alkyl carbamates (subject to hydrolysis) is 1. The highest BCUT2D eigenvalue weighted by Crippen LogP contribution is 2.36. The largest absolute Gasteiger partial charge is 0.444 e. The van der Waals surface area contributed by atoms with E-state index < -0.39 is 23.3 Å². The zero-order valence-corrected chi connectivity index (χ0v) is 12.6. The molecule has 1 N–H and O–H groups in total. The number of amides is 1. The molecule has 0 saturated heterocycles. The predicted molar refractivity (Wildman–Crippen MR) is 76.1 cm³/mol. The van der Waals surface area contributed by atoms with Crippen LogP contribution < -0.4 is 5.32 Å². The summed E-state index contributed by atoms with van der Waals surface area (Å²) in [6, 6.07) is 3.42. The molecule has 5 heteroatoms. The third-order valence-electron chi connectivity index (χ3n) is 3.58. The molecule has 0 bridgehead atoms. The van der Waals surface area contributed by atoms with Crippen LogP contribution in [0.3, 0.4) is 0 Å². The molecule has 116 valence electrons. The summed E-state index contributed by atoms with van der Waals surface area (Å²) in [4.78, 5) is 11.8. The van der Waals surface area contributed by atoms with E-state index >= 15 is 0 Å². The van der Waals surface area contributed by atoms with Crippen molar-refractivity contribution in [2.45, 2.75) is 57.6 Å². The zero-order valence-electron chi connectivity index (χ0n) is 12.6. The van der Waals surface area contributed by atoms with Crippen LogP contribution in [0, 0.1) is 11.6 Å². The Labute approximate surface area is 123 Å². The molecule has 1 amide bonds. The van der Waals surface area contributed by atoms with E-state index in [9.17, 15) is 13.6 Å². The number of carbonyl (C=O) groups is 1. The van der Waals surface area contributed by atoms with Gasteiger partial charge in [-0.15, -0.1) is 0 Å². The van der Waals surface area contributed by atoms with Gasteiger partial charge < -0.3 is 10.1 Å². The Balaban J connectivity index is 2.08. The van der Waals surface area contributed by atoms with Gasteiger partial charge in [0.1, 0.15) is 17.2 Å². The lowest BCUT2D eigenvalue weighted by molar-refractivity contribution is 0.0500. The average molecular weight is 297 g/mol. The molecule has 1 fully saturated rings. The van der Waals surface area contributed by atoms with Gasteiger partial charge in [-0.2, -0.15) is 0 Å². The molecule has 1 aromatic rings. The van der Waals surface area contributed by atoms with Gasteiger partial charge in [-0.05, 0) is 45.2 Å². The Hall–Kier alpha value is -1.65. The van der Waals surface area contributed by atoms with E-state index in [2.05, 4.69) is 5.32 Å². The normalized spacial score (nSPS) is 22.1. The summed E-state index contributed by atoms with van der Waals surface area (Å²) in [6.45, 7) is 5.37. The first kappa shape index (κ1) is 15.7. The predicted octanol–water partition coefficient (Wildman–Crippen LogP) is 4.13. The van der Waals surface area contributed by atoms with Gasteiger partial charge in [0.25, 0.3) is 0 Å². The van der Waals surface area contributed by atoms with Crippen molar-refractivity contribution in [3.05, 3.63) is 35.4 Å². The van der Waals surface area contributed by atoms with Crippen LogP contribution >= 0.6 is 0 Å². The maximum Gasteiger partial charge on any atom is 0.407 e. The Kier molecular flexibility index (Phi) is 4.49. The molecular formula is C16H21F2NO2. The summed E-state index contributed by atoms with van der Waals surface area (Å²) < 4.78 is 32.1. The lowest BCUT2D eigenvalue weighted by Gasteiger charge is -2.25.